The number of aromatic nitrogens is 2. The molecule has 0 amide bonds. The van der Waals surface area contributed by atoms with E-state index in [-0.39, 0.29) is 6.10 Å². The van der Waals surface area contributed by atoms with Crippen LogP contribution in [0.3, 0.4) is 0 Å². The fourth-order valence-corrected chi connectivity index (χ4v) is 1.96. The summed E-state index contributed by atoms with van der Waals surface area (Å²) < 4.78 is 10.7. The molecule has 17 heavy (non-hydrogen) atoms. The highest BCUT2D eigenvalue weighted by Crippen LogP contribution is 2.19. The number of likely N-dealkylation sites (tertiary alicyclic amines) is 1. The van der Waals surface area contributed by atoms with Crippen LogP contribution in [0.5, 0.6) is 0 Å². The average molecular weight is 235 g/mol. The van der Waals surface area contributed by atoms with Crippen molar-refractivity contribution in [3.05, 3.63) is 24.3 Å². The number of hydrogen-bond donors (Lipinski definition) is 1. The van der Waals surface area contributed by atoms with Gasteiger partial charge in [-0.25, -0.2) is 0 Å². The molecule has 2 aromatic heterocycles. The quantitative estimate of drug-likeness (QED) is 0.851. The van der Waals surface area contributed by atoms with Gasteiger partial charge in [-0.15, -0.1) is 10.2 Å². The Morgan fingerprint density at radius 2 is 2.41 bits per heavy atom. The maximum atomic E-state index is 9.41. The predicted molar refractivity (Wildman–Crippen MR) is 57.9 cm³/mol. The highest BCUT2D eigenvalue weighted by Gasteiger charge is 2.22. The van der Waals surface area contributed by atoms with Crippen LogP contribution < -0.4 is 0 Å². The molecular weight excluding hydrogens is 222 g/mol. The highest BCUT2D eigenvalue weighted by molar-refractivity contribution is 5.42. The molecule has 0 spiro atoms. The van der Waals surface area contributed by atoms with E-state index in [0.29, 0.717) is 30.6 Å². The minimum Gasteiger partial charge on any atom is -0.459 e. The van der Waals surface area contributed by atoms with Crippen LogP contribution in [-0.4, -0.2) is 39.4 Å². The molecule has 0 bridgehead atoms. The zero-order valence-corrected chi connectivity index (χ0v) is 9.24. The Morgan fingerprint density at radius 3 is 3.12 bits per heavy atom. The molecule has 3 rings (SSSR count). The van der Waals surface area contributed by atoms with Gasteiger partial charge in [-0.1, -0.05) is 0 Å². The lowest BCUT2D eigenvalue weighted by molar-refractivity contribution is 0.171. The zero-order valence-electron chi connectivity index (χ0n) is 9.24. The third-order valence-corrected chi connectivity index (χ3v) is 2.81. The number of aliphatic hydroxyl groups excluding tert-OH is 1. The lowest BCUT2D eigenvalue weighted by atomic mass is 10.3. The summed E-state index contributed by atoms with van der Waals surface area (Å²) in [5.41, 5.74) is 0. The molecule has 1 saturated heterocycles. The summed E-state index contributed by atoms with van der Waals surface area (Å²) >= 11 is 0. The van der Waals surface area contributed by atoms with Crippen molar-refractivity contribution in [2.75, 3.05) is 13.1 Å². The van der Waals surface area contributed by atoms with Crippen LogP contribution in [0.15, 0.2) is 27.2 Å². The van der Waals surface area contributed by atoms with Gasteiger partial charge in [0.1, 0.15) is 0 Å². The molecule has 1 aliphatic heterocycles. The van der Waals surface area contributed by atoms with Crippen molar-refractivity contribution in [2.45, 2.75) is 19.1 Å². The smallest absolute Gasteiger partial charge is 0.283 e. The first-order chi connectivity index (χ1) is 8.31. The molecule has 2 aromatic rings. The third kappa shape index (κ3) is 2.22. The maximum absolute atomic E-state index is 9.41. The first kappa shape index (κ1) is 10.5. The number of aliphatic hydroxyl groups is 1. The van der Waals surface area contributed by atoms with E-state index < -0.39 is 0 Å². The van der Waals surface area contributed by atoms with Gasteiger partial charge in [0, 0.05) is 13.1 Å². The predicted octanol–water partition coefficient (Wildman–Crippen LogP) is 0.896. The van der Waals surface area contributed by atoms with E-state index >= 15 is 0 Å². The summed E-state index contributed by atoms with van der Waals surface area (Å²) in [5, 5.41) is 17.3. The molecule has 1 N–H and O–H groups in total. The van der Waals surface area contributed by atoms with Crippen molar-refractivity contribution in [1.29, 1.82) is 0 Å². The molecule has 1 aliphatic rings. The van der Waals surface area contributed by atoms with E-state index in [4.69, 9.17) is 8.83 Å². The Bertz CT molecular complexity index is 480. The Hall–Kier alpha value is -1.66. The molecule has 1 atom stereocenters. The van der Waals surface area contributed by atoms with E-state index in [1.165, 1.54) is 0 Å². The monoisotopic (exact) mass is 235 g/mol. The molecule has 0 unspecified atom stereocenters. The van der Waals surface area contributed by atoms with Crippen molar-refractivity contribution in [3.63, 3.8) is 0 Å². The molecule has 3 heterocycles. The van der Waals surface area contributed by atoms with Crippen LogP contribution in [0.25, 0.3) is 11.7 Å². The van der Waals surface area contributed by atoms with Crippen molar-refractivity contribution in [3.8, 4) is 11.7 Å². The number of β-amino-alcohol motifs (C(OH)–C–C–N with tert-alkyl or cyclic N) is 1. The van der Waals surface area contributed by atoms with E-state index in [9.17, 15) is 5.11 Å². The Balaban J connectivity index is 1.69. The molecule has 0 aromatic carbocycles. The van der Waals surface area contributed by atoms with Crippen molar-refractivity contribution >= 4 is 0 Å². The topological polar surface area (TPSA) is 75.5 Å². The van der Waals surface area contributed by atoms with Gasteiger partial charge in [0.15, 0.2) is 5.76 Å². The highest BCUT2D eigenvalue weighted by atomic mass is 16.4. The second-order valence-corrected chi connectivity index (χ2v) is 4.16. The van der Waals surface area contributed by atoms with Crippen molar-refractivity contribution in [2.24, 2.45) is 0 Å². The van der Waals surface area contributed by atoms with Gasteiger partial charge in [-0.3, -0.25) is 4.90 Å². The molecule has 0 radical (unpaired) electrons. The van der Waals surface area contributed by atoms with Gasteiger partial charge in [0.25, 0.3) is 5.89 Å². The van der Waals surface area contributed by atoms with Crippen LogP contribution >= 0.6 is 0 Å². The summed E-state index contributed by atoms with van der Waals surface area (Å²) in [4.78, 5) is 2.09. The first-order valence-corrected chi connectivity index (χ1v) is 5.58. The van der Waals surface area contributed by atoms with E-state index in [2.05, 4.69) is 15.1 Å². The van der Waals surface area contributed by atoms with E-state index in [1.54, 1.807) is 18.4 Å². The third-order valence-electron chi connectivity index (χ3n) is 2.81. The van der Waals surface area contributed by atoms with Crippen LogP contribution in [0.4, 0.5) is 0 Å². The van der Waals surface area contributed by atoms with E-state index in [0.717, 1.165) is 13.0 Å². The SMILES string of the molecule is O[C@H]1CCN(Cc2nnc(-c3ccco3)o2)C1. The van der Waals surface area contributed by atoms with E-state index in [1.807, 2.05) is 0 Å². The minimum absolute atomic E-state index is 0.234. The van der Waals surface area contributed by atoms with Gasteiger partial charge < -0.3 is 13.9 Å². The maximum Gasteiger partial charge on any atom is 0.283 e. The second kappa shape index (κ2) is 4.31. The van der Waals surface area contributed by atoms with Crippen LogP contribution in [-0.2, 0) is 6.54 Å². The molecular formula is C11H13N3O3. The summed E-state index contributed by atoms with van der Waals surface area (Å²) in [6.07, 6.45) is 2.14. The lowest BCUT2D eigenvalue weighted by Crippen LogP contribution is -2.21. The molecule has 1 fully saturated rings. The van der Waals surface area contributed by atoms with Crippen LogP contribution in [0.1, 0.15) is 12.3 Å². The van der Waals surface area contributed by atoms with Crippen molar-refractivity contribution in [1.82, 2.24) is 15.1 Å². The standard InChI is InChI=1S/C11H13N3O3/c15-8-3-4-14(6-8)7-10-12-13-11(17-10)9-2-1-5-16-9/h1-2,5,8,15H,3-4,6-7H2/t8-/m0/s1. The Kier molecular flexibility index (Phi) is 2.66. The van der Waals surface area contributed by atoms with Gasteiger partial charge in [-0.2, -0.15) is 0 Å². The molecule has 0 aliphatic carbocycles. The molecule has 90 valence electrons. The fourth-order valence-electron chi connectivity index (χ4n) is 1.96. The minimum atomic E-state index is -0.234. The van der Waals surface area contributed by atoms with Crippen LogP contribution in [0.2, 0.25) is 0 Å². The van der Waals surface area contributed by atoms with Gasteiger partial charge >= 0.3 is 0 Å². The number of furan rings is 1. The summed E-state index contributed by atoms with van der Waals surface area (Å²) in [6, 6.07) is 3.55. The van der Waals surface area contributed by atoms with Crippen molar-refractivity contribution < 1.29 is 13.9 Å². The van der Waals surface area contributed by atoms with Gasteiger partial charge in [0.05, 0.1) is 18.9 Å². The summed E-state index contributed by atoms with van der Waals surface area (Å²) in [7, 11) is 0. The normalized spacial score (nSPS) is 21.1. The lowest BCUT2D eigenvalue weighted by Gasteiger charge is -2.10. The number of nitrogens with zero attached hydrogens (tertiary/aromatic N) is 3. The van der Waals surface area contributed by atoms with Gasteiger partial charge in [-0.05, 0) is 18.6 Å². The number of hydrogen-bond acceptors (Lipinski definition) is 6. The second-order valence-electron chi connectivity index (χ2n) is 4.16. The Morgan fingerprint density at radius 1 is 1.47 bits per heavy atom. The largest absolute Gasteiger partial charge is 0.459 e. The molecule has 6 nitrogen and oxygen atoms in total. The zero-order chi connectivity index (χ0) is 11.7. The van der Waals surface area contributed by atoms with Gasteiger partial charge in [0.2, 0.25) is 5.89 Å². The molecule has 6 heteroatoms. The Labute approximate surface area is 97.9 Å². The number of rotatable bonds is 3. The first-order valence-electron chi connectivity index (χ1n) is 5.58. The molecule has 0 saturated carbocycles. The fraction of sp³-hybridized carbons (Fsp3) is 0.455. The van der Waals surface area contributed by atoms with Crippen LogP contribution in [0, 0.1) is 0 Å². The summed E-state index contributed by atoms with van der Waals surface area (Å²) in [5.74, 6) is 1.51. The summed E-state index contributed by atoms with van der Waals surface area (Å²) in [6.45, 7) is 2.10. The average Bonchev–Trinajstić information content (AvgIpc) is 3.00.